The zero-order valence-electron chi connectivity index (χ0n) is 26.2. The molecule has 4 atom stereocenters. The van der Waals surface area contributed by atoms with Crippen LogP contribution in [0.1, 0.15) is 168 Å². The fourth-order valence-corrected chi connectivity index (χ4v) is 6.76. The molecule has 0 saturated heterocycles. The maximum Gasteiger partial charge on any atom is -0.00773 e. The molecule has 0 fully saturated rings. The van der Waals surface area contributed by atoms with Crippen molar-refractivity contribution in [3.63, 3.8) is 0 Å². The molecule has 0 saturated carbocycles. The van der Waals surface area contributed by atoms with Gasteiger partial charge in [0, 0.05) is 0 Å². The molecule has 38 heavy (non-hydrogen) atoms. The van der Waals surface area contributed by atoms with E-state index in [2.05, 4.69) is 38.2 Å². The van der Waals surface area contributed by atoms with Gasteiger partial charge in [-0.3, -0.25) is 0 Å². The highest BCUT2D eigenvalue weighted by molar-refractivity contribution is 5.06. The third-order valence-corrected chi connectivity index (χ3v) is 9.18. The molecule has 0 aliphatic heterocycles. The summed E-state index contributed by atoms with van der Waals surface area (Å²) in [7, 11) is 0. The fourth-order valence-electron chi connectivity index (χ4n) is 6.76. The van der Waals surface area contributed by atoms with Gasteiger partial charge >= 0.3 is 0 Å². The summed E-state index contributed by atoms with van der Waals surface area (Å²) in [5, 5.41) is 0. The first-order chi connectivity index (χ1) is 18.8. The Bertz CT molecular complexity index is 539. The Kier molecular flexibility index (Phi) is 24.8. The van der Waals surface area contributed by atoms with Gasteiger partial charge in [0.25, 0.3) is 0 Å². The van der Waals surface area contributed by atoms with Crippen LogP contribution in [0.4, 0.5) is 0 Å². The minimum Gasteiger partial charge on any atom is -0.330 e. The Balaban J connectivity index is 2.77. The van der Waals surface area contributed by atoms with E-state index in [1.807, 2.05) is 0 Å². The molecule has 224 valence electrons. The van der Waals surface area contributed by atoms with Gasteiger partial charge in [-0.05, 0) is 88.1 Å². The largest absolute Gasteiger partial charge is 0.330 e. The zero-order chi connectivity index (χ0) is 27.5. The summed E-state index contributed by atoms with van der Waals surface area (Å²) < 4.78 is 0. The maximum absolute atomic E-state index is 5.70. The molecule has 1 aliphatic rings. The highest BCUT2D eigenvalue weighted by atomic mass is 14.5. The van der Waals surface area contributed by atoms with E-state index in [0.717, 1.165) is 36.8 Å². The number of hydrogen-bond acceptors (Lipinski definition) is 2. The lowest BCUT2D eigenvalue weighted by atomic mass is 9.65. The van der Waals surface area contributed by atoms with E-state index in [0.29, 0.717) is 0 Å². The lowest BCUT2D eigenvalue weighted by Gasteiger charge is -2.40. The number of hydrogen-bond donors (Lipinski definition) is 2. The molecule has 0 bridgehead atoms. The van der Waals surface area contributed by atoms with Crippen molar-refractivity contribution in [3.8, 4) is 0 Å². The third-order valence-electron chi connectivity index (χ3n) is 9.18. The van der Waals surface area contributed by atoms with Crippen LogP contribution in [-0.4, -0.2) is 13.1 Å². The summed E-state index contributed by atoms with van der Waals surface area (Å²) in [4.78, 5) is 0. The van der Waals surface area contributed by atoms with E-state index in [1.54, 1.807) is 0 Å². The van der Waals surface area contributed by atoms with Gasteiger partial charge in [-0.15, -0.1) is 0 Å². The second-order valence-electron chi connectivity index (χ2n) is 12.5. The maximum atomic E-state index is 5.70. The zero-order valence-corrected chi connectivity index (χ0v) is 26.2. The molecule has 1 aliphatic carbocycles. The fraction of sp³-hybridized carbons (Fsp3) is 0.889. The predicted octanol–water partition coefficient (Wildman–Crippen LogP) is 10.9. The van der Waals surface area contributed by atoms with Crippen LogP contribution in [-0.2, 0) is 0 Å². The monoisotopic (exact) mass is 531 g/mol. The lowest BCUT2D eigenvalue weighted by molar-refractivity contribution is 0.159. The van der Waals surface area contributed by atoms with Crippen molar-refractivity contribution in [3.05, 3.63) is 24.3 Å². The second kappa shape index (κ2) is 26.6. The predicted molar refractivity (Wildman–Crippen MR) is 173 cm³/mol. The van der Waals surface area contributed by atoms with Gasteiger partial charge in [-0.2, -0.15) is 0 Å². The third kappa shape index (κ3) is 17.9. The Morgan fingerprint density at radius 2 is 0.921 bits per heavy atom. The standard InChI is InChI=1S/C36H70N2/c1-3-5-7-9-15-21-27-35-33(25-19-8-6-4-2)29-30-34(26-20-14-10-12-17-23-31-37)36(35)28-22-16-11-13-18-24-32-38/h15,21,29-30,33-36H,3-14,16-20,22-28,31-32,37-38H2,1-2H3/b21-15+. The molecule has 0 amide bonds. The van der Waals surface area contributed by atoms with Crippen molar-refractivity contribution in [1.82, 2.24) is 0 Å². The van der Waals surface area contributed by atoms with E-state index in [9.17, 15) is 0 Å². The normalized spacial score (nSPS) is 21.6. The van der Waals surface area contributed by atoms with Gasteiger partial charge in [0.05, 0.1) is 0 Å². The van der Waals surface area contributed by atoms with Crippen molar-refractivity contribution in [2.45, 2.75) is 168 Å². The van der Waals surface area contributed by atoms with Crippen LogP contribution in [0.3, 0.4) is 0 Å². The van der Waals surface area contributed by atoms with E-state index in [1.165, 1.54) is 154 Å². The van der Waals surface area contributed by atoms with Crippen molar-refractivity contribution < 1.29 is 0 Å². The summed E-state index contributed by atoms with van der Waals surface area (Å²) in [6.45, 7) is 6.36. The molecular formula is C36H70N2. The van der Waals surface area contributed by atoms with Crippen molar-refractivity contribution in [2.24, 2.45) is 35.1 Å². The molecular weight excluding hydrogens is 460 g/mol. The second-order valence-corrected chi connectivity index (χ2v) is 12.5. The average Bonchev–Trinajstić information content (AvgIpc) is 2.93. The van der Waals surface area contributed by atoms with Crippen LogP contribution in [0, 0.1) is 23.7 Å². The van der Waals surface area contributed by atoms with Crippen LogP contribution < -0.4 is 11.5 Å². The van der Waals surface area contributed by atoms with Gasteiger partial charge in [0.15, 0.2) is 0 Å². The first-order valence-electron chi connectivity index (χ1n) is 17.5. The SMILES string of the molecule is CCCCC/C=C/CC1C(CCCCCC)C=CC(CCCCCCCCN)C1CCCCCCCCN. The topological polar surface area (TPSA) is 52.0 Å². The first-order valence-corrected chi connectivity index (χ1v) is 17.5. The van der Waals surface area contributed by atoms with Gasteiger partial charge in [-0.25, -0.2) is 0 Å². The molecule has 2 heteroatoms. The Morgan fingerprint density at radius 3 is 1.47 bits per heavy atom. The molecule has 4 unspecified atom stereocenters. The Morgan fingerprint density at radius 1 is 0.474 bits per heavy atom. The van der Waals surface area contributed by atoms with Gasteiger partial charge < -0.3 is 11.5 Å². The average molecular weight is 531 g/mol. The number of unbranched alkanes of at least 4 members (excludes halogenated alkanes) is 16. The summed E-state index contributed by atoms with van der Waals surface area (Å²) >= 11 is 0. The van der Waals surface area contributed by atoms with Crippen LogP contribution >= 0.6 is 0 Å². The number of nitrogens with two attached hydrogens (primary N) is 2. The van der Waals surface area contributed by atoms with Crippen molar-refractivity contribution in [1.29, 1.82) is 0 Å². The summed E-state index contributed by atoms with van der Waals surface area (Å²) in [5.41, 5.74) is 11.4. The highest BCUT2D eigenvalue weighted by Crippen LogP contribution is 2.44. The molecule has 0 aromatic carbocycles. The van der Waals surface area contributed by atoms with Crippen LogP contribution in [0.25, 0.3) is 0 Å². The summed E-state index contributed by atoms with van der Waals surface area (Å²) in [6, 6.07) is 0. The van der Waals surface area contributed by atoms with E-state index in [4.69, 9.17) is 11.5 Å². The van der Waals surface area contributed by atoms with E-state index >= 15 is 0 Å². The van der Waals surface area contributed by atoms with Gasteiger partial charge in [0.2, 0.25) is 0 Å². The Labute approximate surface area is 240 Å². The van der Waals surface area contributed by atoms with Crippen LogP contribution in [0.15, 0.2) is 24.3 Å². The Hall–Kier alpha value is -0.600. The van der Waals surface area contributed by atoms with Crippen LogP contribution in [0.5, 0.6) is 0 Å². The molecule has 0 spiro atoms. The molecule has 0 radical (unpaired) electrons. The number of allylic oxidation sites excluding steroid dienone is 4. The lowest BCUT2D eigenvalue weighted by Crippen LogP contribution is -2.31. The summed E-state index contributed by atoms with van der Waals surface area (Å²) in [6.07, 6.45) is 43.2. The first kappa shape index (κ1) is 35.4. The number of rotatable bonds is 27. The molecule has 0 heterocycles. The molecule has 2 nitrogen and oxygen atoms in total. The highest BCUT2D eigenvalue weighted by Gasteiger charge is 2.34. The van der Waals surface area contributed by atoms with E-state index in [-0.39, 0.29) is 0 Å². The molecule has 1 rings (SSSR count). The minimum absolute atomic E-state index is 0.800. The van der Waals surface area contributed by atoms with Crippen molar-refractivity contribution >= 4 is 0 Å². The minimum atomic E-state index is 0.800. The van der Waals surface area contributed by atoms with Crippen molar-refractivity contribution in [2.75, 3.05) is 13.1 Å². The smallest absolute Gasteiger partial charge is 0.00773 e. The molecule has 4 N–H and O–H groups in total. The van der Waals surface area contributed by atoms with Gasteiger partial charge in [0.1, 0.15) is 0 Å². The summed E-state index contributed by atoms with van der Waals surface area (Å²) in [5.74, 6) is 3.35. The van der Waals surface area contributed by atoms with E-state index < -0.39 is 0 Å². The molecule has 0 aromatic rings. The van der Waals surface area contributed by atoms with Crippen LogP contribution in [0.2, 0.25) is 0 Å². The molecule has 0 aromatic heterocycles. The van der Waals surface area contributed by atoms with Gasteiger partial charge in [-0.1, -0.05) is 141 Å². The quantitative estimate of drug-likeness (QED) is 0.0819.